The Morgan fingerprint density at radius 2 is 2.23 bits per heavy atom. The van der Waals surface area contributed by atoms with E-state index >= 15 is 0 Å². The van der Waals surface area contributed by atoms with E-state index in [9.17, 15) is 9.90 Å². The summed E-state index contributed by atoms with van der Waals surface area (Å²) >= 11 is 1.42. The second-order valence-electron chi connectivity index (χ2n) is 5.92. The molecule has 0 saturated heterocycles. The average Bonchev–Trinajstić information content (AvgIpc) is 2.90. The van der Waals surface area contributed by atoms with Crippen LogP contribution >= 0.6 is 11.3 Å². The molecule has 0 bridgehead atoms. The number of hydrogen-bond donors (Lipinski definition) is 2. The molecule has 0 fully saturated rings. The standard InChI is InChI=1S/C16H20N2O3S/c1-16(2,3)21-15(20)18-12-6-4-5-11(9-12)10-13(19)14-17-7-8-22-14/h4-9,13,19H,10H2,1-3H3,(H,18,20). The van der Waals surface area contributed by atoms with Crippen LogP contribution in [0.25, 0.3) is 0 Å². The van der Waals surface area contributed by atoms with Crippen LogP contribution in [0.5, 0.6) is 0 Å². The first-order chi connectivity index (χ1) is 10.3. The summed E-state index contributed by atoms with van der Waals surface area (Å²) in [6, 6.07) is 7.33. The van der Waals surface area contributed by atoms with Crippen molar-refractivity contribution in [3.05, 3.63) is 46.4 Å². The number of carbonyl (C=O) groups excluding carboxylic acids is 1. The minimum Gasteiger partial charge on any atom is -0.444 e. The number of anilines is 1. The Morgan fingerprint density at radius 3 is 2.86 bits per heavy atom. The smallest absolute Gasteiger partial charge is 0.412 e. The number of aromatic nitrogens is 1. The maximum Gasteiger partial charge on any atom is 0.412 e. The van der Waals surface area contributed by atoms with Crippen molar-refractivity contribution in [2.75, 3.05) is 5.32 Å². The maximum absolute atomic E-state index is 11.8. The number of ether oxygens (including phenoxy) is 1. The van der Waals surface area contributed by atoms with Gasteiger partial charge >= 0.3 is 6.09 Å². The van der Waals surface area contributed by atoms with E-state index in [-0.39, 0.29) is 0 Å². The highest BCUT2D eigenvalue weighted by molar-refractivity contribution is 7.09. The molecule has 1 aromatic heterocycles. The van der Waals surface area contributed by atoms with Crippen molar-refractivity contribution >= 4 is 23.1 Å². The fraction of sp³-hybridized carbons (Fsp3) is 0.375. The molecule has 1 aromatic carbocycles. The summed E-state index contributed by atoms with van der Waals surface area (Å²) in [6.45, 7) is 5.44. The molecular weight excluding hydrogens is 300 g/mol. The number of aliphatic hydroxyl groups is 1. The van der Waals surface area contributed by atoms with Crippen molar-refractivity contribution in [3.63, 3.8) is 0 Å². The van der Waals surface area contributed by atoms with Crippen LogP contribution in [0, 0.1) is 0 Å². The molecule has 0 spiro atoms. The third kappa shape index (κ3) is 5.13. The Bertz CT molecular complexity index is 621. The highest BCUT2D eigenvalue weighted by atomic mass is 32.1. The fourth-order valence-corrected chi connectivity index (χ4v) is 2.53. The highest BCUT2D eigenvalue weighted by Gasteiger charge is 2.16. The van der Waals surface area contributed by atoms with Crippen molar-refractivity contribution < 1.29 is 14.6 Å². The summed E-state index contributed by atoms with van der Waals surface area (Å²) in [7, 11) is 0. The van der Waals surface area contributed by atoms with Crippen LogP contribution < -0.4 is 5.32 Å². The first-order valence-electron chi connectivity index (χ1n) is 7.00. The normalized spacial score (nSPS) is 12.7. The van der Waals surface area contributed by atoms with E-state index < -0.39 is 17.8 Å². The van der Waals surface area contributed by atoms with E-state index in [1.54, 1.807) is 12.3 Å². The van der Waals surface area contributed by atoms with Gasteiger partial charge < -0.3 is 9.84 Å². The zero-order valence-corrected chi connectivity index (χ0v) is 13.7. The molecule has 5 nitrogen and oxygen atoms in total. The Balaban J connectivity index is 1.99. The zero-order chi connectivity index (χ0) is 16.2. The number of nitrogens with one attached hydrogen (secondary N) is 1. The van der Waals surface area contributed by atoms with E-state index in [0.29, 0.717) is 17.1 Å². The van der Waals surface area contributed by atoms with E-state index in [1.165, 1.54) is 11.3 Å². The zero-order valence-electron chi connectivity index (χ0n) is 12.9. The van der Waals surface area contributed by atoms with E-state index in [4.69, 9.17) is 4.74 Å². The van der Waals surface area contributed by atoms with E-state index in [2.05, 4.69) is 10.3 Å². The number of carbonyl (C=O) groups is 1. The monoisotopic (exact) mass is 320 g/mol. The van der Waals surface area contributed by atoms with Gasteiger partial charge in [-0.1, -0.05) is 12.1 Å². The van der Waals surface area contributed by atoms with Gasteiger partial charge in [-0.25, -0.2) is 9.78 Å². The average molecular weight is 320 g/mol. The van der Waals surface area contributed by atoms with Crippen molar-refractivity contribution in [3.8, 4) is 0 Å². The molecule has 0 saturated carbocycles. The lowest BCUT2D eigenvalue weighted by molar-refractivity contribution is 0.0636. The van der Waals surface area contributed by atoms with Gasteiger partial charge in [0.25, 0.3) is 0 Å². The third-order valence-electron chi connectivity index (χ3n) is 2.74. The molecule has 0 aliphatic rings. The number of hydrogen-bond acceptors (Lipinski definition) is 5. The lowest BCUT2D eigenvalue weighted by Crippen LogP contribution is -2.27. The molecule has 0 radical (unpaired) electrons. The van der Waals surface area contributed by atoms with Gasteiger partial charge in [0.05, 0.1) is 0 Å². The molecule has 0 aliphatic carbocycles. The second kappa shape index (κ2) is 6.89. The van der Waals surface area contributed by atoms with Gasteiger partial charge in [-0.05, 0) is 38.5 Å². The second-order valence-corrected chi connectivity index (χ2v) is 6.84. The minimum absolute atomic E-state index is 0.442. The van der Waals surface area contributed by atoms with Crippen LogP contribution in [0.1, 0.15) is 37.4 Å². The molecule has 6 heteroatoms. The minimum atomic E-state index is -0.642. The lowest BCUT2D eigenvalue weighted by atomic mass is 10.1. The van der Waals surface area contributed by atoms with Gasteiger partial charge in [0.1, 0.15) is 16.7 Å². The fourth-order valence-electron chi connectivity index (χ4n) is 1.91. The van der Waals surface area contributed by atoms with Crippen molar-refractivity contribution in [1.29, 1.82) is 0 Å². The highest BCUT2D eigenvalue weighted by Crippen LogP contribution is 2.22. The van der Waals surface area contributed by atoms with Gasteiger partial charge in [-0.15, -0.1) is 11.3 Å². The van der Waals surface area contributed by atoms with E-state index in [1.807, 2.05) is 44.4 Å². The Hall–Kier alpha value is -1.92. The number of thiazole rings is 1. The quantitative estimate of drug-likeness (QED) is 0.899. The molecule has 2 rings (SSSR count). The number of nitrogens with zero attached hydrogens (tertiary/aromatic N) is 1. The van der Waals surface area contributed by atoms with Gasteiger partial charge in [0, 0.05) is 23.7 Å². The lowest BCUT2D eigenvalue weighted by Gasteiger charge is -2.19. The van der Waals surface area contributed by atoms with Gasteiger partial charge in [-0.3, -0.25) is 5.32 Å². The summed E-state index contributed by atoms with van der Waals surface area (Å²) in [6.07, 6.45) is 0.975. The molecule has 2 aromatic rings. The SMILES string of the molecule is CC(C)(C)OC(=O)Nc1cccc(CC(O)c2nccs2)c1. The molecule has 118 valence electrons. The van der Waals surface area contributed by atoms with Gasteiger partial charge in [0.2, 0.25) is 0 Å². The van der Waals surface area contributed by atoms with Crippen molar-refractivity contribution in [2.45, 2.75) is 38.9 Å². The summed E-state index contributed by atoms with van der Waals surface area (Å²) < 4.78 is 5.21. The molecule has 22 heavy (non-hydrogen) atoms. The predicted octanol–water partition coefficient (Wildman–Crippen LogP) is 3.77. The topological polar surface area (TPSA) is 71.5 Å². The molecule has 0 aliphatic heterocycles. The molecular formula is C16H20N2O3S. The molecule has 1 atom stereocenters. The Morgan fingerprint density at radius 1 is 1.45 bits per heavy atom. The Labute approximate surface area is 134 Å². The molecule has 1 heterocycles. The maximum atomic E-state index is 11.8. The van der Waals surface area contributed by atoms with Gasteiger partial charge in [-0.2, -0.15) is 0 Å². The summed E-state index contributed by atoms with van der Waals surface area (Å²) in [5.41, 5.74) is 1.01. The third-order valence-corrected chi connectivity index (χ3v) is 3.61. The van der Waals surface area contributed by atoms with Crippen LogP contribution in [-0.2, 0) is 11.2 Å². The van der Waals surface area contributed by atoms with Gasteiger partial charge in [0.15, 0.2) is 0 Å². The van der Waals surface area contributed by atoms with Crippen molar-refractivity contribution in [1.82, 2.24) is 4.98 Å². The Kier molecular flexibility index (Phi) is 5.15. The predicted molar refractivity (Wildman–Crippen MR) is 87.1 cm³/mol. The number of aliphatic hydroxyl groups excluding tert-OH is 1. The molecule has 1 unspecified atom stereocenters. The van der Waals surface area contributed by atoms with E-state index in [0.717, 1.165) is 5.56 Å². The summed E-state index contributed by atoms with van der Waals surface area (Å²) in [4.78, 5) is 15.9. The molecule has 2 N–H and O–H groups in total. The molecule has 1 amide bonds. The summed E-state index contributed by atoms with van der Waals surface area (Å²) in [5, 5.41) is 15.3. The number of rotatable bonds is 4. The van der Waals surface area contributed by atoms with Crippen LogP contribution in [0.3, 0.4) is 0 Å². The first-order valence-corrected chi connectivity index (χ1v) is 7.88. The van der Waals surface area contributed by atoms with Crippen LogP contribution in [0.2, 0.25) is 0 Å². The first kappa shape index (κ1) is 16.5. The van der Waals surface area contributed by atoms with Crippen LogP contribution in [0.15, 0.2) is 35.8 Å². The van der Waals surface area contributed by atoms with Crippen LogP contribution in [-0.4, -0.2) is 21.8 Å². The largest absolute Gasteiger partial charge is 0.444 e. The summed E-state index contributed by atoms with van der Waals surface area (Å²) in [5.74, 6) is 0. The number of benzene rings is 1. The van der Waals surface area contributed by atoms with Crippen molar-refractivity contribution in [2.24, 2.45) is 0 Å². The number of amides is 1. The van der Waals surface area contributed by atoms with Crippen LogP contribution in [0.4, 0.5) is 10.5 Å².